The lowest BCUT2D eigenvalue weighted by Crippen LogP contribution is -2.39. The van der Waals surface area contributed by atoms with Crippen molar-refractivity contribution in [1.29, 1.82) is 0 Å². The van der Waals surface area contributed by atoms with Crippen molar-refractivity contribution in [3.63, 3.8) is 0 Å². The molecule has 0 radical (unpaired) electrons. The normalized spacial score (nSPS) is 22.9. The first-order valence-electron chi connectivity index (χ1n) is 11.1. The molecule has 0 bridgehead atoms. The van der Waals surface area contributed by atoms with E-state index in [1.165, 1.54) is 50.7 Å². The van der Waals surface area contributed by atoms with E-state index in [9.17, 15) is 13.2 Å². The van der Waals surface area contributed by atoms with Gasteiger partial charge in [-0.1, -0.05) is 32.6 Å². The number of nitrogens with one attached hydrogen (secondary N) is 2. The molecule has 3 rings (SSSR count). The second-order valence-electron chi connectivity index (χ2n) is 8.55. The zero-order chi connectivity index (χ0) is 20.9. The molecular weight excluding hydrogens is 386 g/mol. The SMILES string of the molecule is CCC(C)NS(=O)(=O)c1ccc(C(=O)NC2CCN(C3CCCCCC3)C2)cc1. The fourth-order valence-electron chi connectivity index (χ4n) is 4.33. The number of hydrogen-bond acceptors (Lipinski definition) is 4. The molecule has 1 saturated carbocycles. The first kappa shape index (κ1) is 22.2. The van der Waals surface area contributed by atoms with Gasteiger partial charge in [-0.3, -0.25) is 9.69 Å². The van der Waals surface area contributed by atoms with Crippen molar-refractivity contribution in [2.45, 2.75) is 88.2 Å². The van der Waals surface area contributed by atoms with E-state index in [-0.39, 0.29) is 22.9 Å². The molecule has 1 aliphatic heterocycles. The lowest BCUT2D eigenvalue weighted by atomic mass is 10.1. The molecule has 0 aromatic heterocycles. The minimum absolute atomic E-state index is 0.123. The number of sulfonamides is 1. The fraction of sp³-hybridized carbons (Fsp3) is 0.682. The summed E-state index contributed by atoms with van der Waals surface area (Å²) in [5.74, 6) is -0.128. The van der Waals surface area contributed by atoms with Crippen LogP contribution >= 0.6 is 0 Å². The maximum atomic E-state index is 12.6. The topological polar surface area (TPSA) is 78.5 Å². The van der Waals surface area contributed by atoms with E-state index in [0.717, 1.165) is 25.9 Å². The van der Waals surface area contributed by atoms with Gasteiger partial charge >= 0.3 is 0 Å². The third kappa shape index (κ3) is 6.03. The second kappa shape index (κ2) is 10.0. The Labute approximate surface area is 175 Å². The van der Waals surface area contributed by atoms with Crippen molar-refractivity contribution in [1.82, 2.24) is 14.9 Å². The van der Waals surface area contributed by atoms with E-state index < -0.39 is 10.0 Å². The molecular formula is C22H35N3O3S. The molecule has 2 N–H and O–H groups in total. The fourth-order valence-corrected chi connectivity index (χ4v) is 5.66. The van der Waals surface area contributed by atoms with Crippen molar-refractivity contribution in [3.05, 3.63) is 29.8 Å². The first-order chi connectivity index (χ1) is 13.9. The van der Waals surface area contributed by atoms with Gasteiger partial charge in [-0.25, -0.2) is 13.1 Å². The highest BCUT2D eigenvalue weighted by Crippen LogP contribution is 2.25. The van der Waals surface area contributed by atoms with Gasteiger partial charge in [0.05, 0.1) is 4.90 Å². The average molecular weight is 422 g/mol. The van der Waals surface area contributed by atoms with Gasteiger partial charge in [0, 0.05) is 36.8 Å². The highest BCUT2D eigenvalue weighted by Gasteiger charge is 2.29. The molecule has 7 heteroatoms. The third-order valence-electron chi connectivity index (χ3n) is 6.29. The van der Waals surface area contributed by atoms with Crippen LogP contribution in [0.3, 0.4) is 0 Å². The van der Waals surface area contributed by atoms with E-state index in [4.69, 9.17) is 0 Å². The summed E-state index contributed by atoms with van der Waals surface area (Å²) in [6.07, 6.45) is 9.60. The second-order valence-corrected chi connectivity index (χ2v) is 10.3. The maximum absolute atomic E-state index is 12.6. The van der Waals surface area contributed by atoms with Crippen LogP contribution in [0.25, 0.3) is 0 Å². The van der Waals surface area contributed by atoms with Crippen LogP contribution < -0.4 is 10.0 Å². The van der Waals surface area contributed by atoms with Crippen molar-refractivity contribution >= 4 is 15.9 Å². The van der Waals surface area contributed by atoms with Gasteiger partial charge in [0.15, 0.2) is 0 Å². The Kier molecular flexibility index (Phi) is 7.71. The lowest BCUT2D eigenvalue weighted by molar-refractivity contribution is 0.0935. The highest BCUT2D eigenvalue weighted by atomic mass is 32.2. The van der Waals surface area contributed by atoms with Crippen molar-refractivity contribution in [2.75, 3.05) is 13.1 Å². The molecule has 6 nitrogen and oxygen atoms in total. The summed E-state index contributed by atoms with van der Waals surface area (Å²) in [6.45, 7) is 5.73. The molecule has 2 aliphatic rings. The summed E-state index contributed by atoms with van der Waals surface area (Å²) in [5.41, 5.74) is 0.500. The highest BCUT2D eigenvalue weighted by molar-refractivity contribution is 7.89. The van der Waals surface area contributed by atoms with Crippen LogP contribution in [0.5, 0.6) is 0 Å². The van der Waals surface area contributed by atoms with Crippen LogP contribution in [0.2, 0.25) is 0 Å². The van der Waals surface area contributed by atoms with Gasteiger partial charge in [-0.15, -0.1) is 0 Å². The summed E-state index contributed by atoms with van der Waals surface area (Å²) in [6, 6.07) is 6.92. The van der Waals surface area contributed by atoms with Gasteiger partial charge in [-0.05, 0) is 56.9 Å². The Morgan fingerprint density at radius 1 is 1.10 bits per heavy atom. The van der Waals surface area contributed by atoms with Crippen LogP contribution in [0.1, 0.15) is 75.6 Å². The molecule has 1 saturated heterocycles. The number of rotatable bonds is 7. The molecule has 2 fully saturated rings. The quantitative estimate of drug-likeness (QED) is 0.662. The molecule has 1 amide bonds. The Balaban J connectivity index is 1.54. The smallest absolute Gasteiger partial charge is 0.251 e. The lowest BCUT2D eigenvalue weighted by Gasteiger charge is -2.26. The van der Waals surface area contributed by atoms with Gasteiger partial charge in [-0.2, -0.15) is 0 Å². The largest absolute Gasteiger partial charge is 0.348 e. The third-order valence-corrected chi connectivity index (χ3v) is 7.90. The monoisotopic (exact) mass is 421 g/mol. The van der Waals surface area contributed by atoms with Crippen LogP contribution in [0, 0.1) is 0 Å². The molecule has 2 atom stereocenters. The number of benzene rings is 1. The van der Waals surface area contributed by atoms with Crippen molar-refractivity contribution in [2.24, 2.45) is 0 Å². The Hall–Kier alpha value is -1.44. The Bertz CT molecular complexity index is 771. The predicted molar refractivity (Wildman–Crippen MR) is 115 cm³/mol. The summed E-state index contributed by atoms with van der Waals surface area (Å²) in [5, 5.41) is 3.13. The Morgan fingerprint density at radius 3 is 2.38 bits per heavy atom. The van der Waals surface area contributed by atoms with Crippen molar-refractivity contribution in [3.8, 4) is 0 Å². The average Bonchev–Trinajstić information content (AvgIpc) is 2.99. The summed E-state index contributed by atoms with van der Waals surface area (Å²) in [7, 11) is -3.55. The molecule has 0 spiro atoms. The zero-order valence-electron chi connectivity index (χ0n) is 17.7. The molecule has 1 aromatic rings. The maximum Gasteiger partial charge on any atom is 0.251 e. The number of nitrogens with zero attached hydrogens (tertiary/aromatic N) is 1. The number of likely N-dealkylation sites (tertiary alicyclic amines) is 1. The van der Waals surface area contributed by atoms with E-state index in [2.05, 4.69) is 14.9 Å². The van der Waals surface area contributed by atoms with Gasteiger partial charge < -0.3 is 5.32 Å². The van der Waals surface area contributed by atoms with Crippen molar-refractivity contribution < 1.29 is 13.2 Å². The minimum Gasteiger partial charge on any atom is -0.348 e. The minimum atomic E-state index is -3.55. The number of amides is 1. The number of carbonyl (C=O) groups excluding carboxylic acids is 1. The Morgan fingerprint density at radius 2 is 1.76 bits per heavy atom. The van der Waals surface area contributed by atoms with Crippen LogP contribution in [-0.2, 0) is 10.0 Å². The standard InChI is InChI=1S/C22H35N3O3S/c1-3-17(2)24-29(27,28)21-12-10-18(11-13-21)22(26)23-19-14-15-25(16-19)20-8-6-4-5-7-9-20/h10-13,17,19-20,24H,3-9,14-16H2,1-2H3,(H,23,26). The molecule has 2 unspecified atom stereocenters. The zero-order valence-corrected chi connectivity index (χ0v) is 18.5. The van der Waals surface area contributed by atoms with E-state index >= 15 is 0 Å². The molecule has 1 aromatic carbocycles. The number of carbonyl (C=O) groups is 1. The van der Waals surface area contributed by atoms with Crippen LogP contribution in [0.4, 0.5) is 0 Å². The van der Waals surface area contributed by atoms with Crippen LogP contribution in [0.15, 0.2) is 29.2 Å². The first-order valence-corrected chi connectivity index (χ1v) is 12.5. The number of hydrogen-bond donors (Lipinski definition) is 2. The summed E-state index contributed by atoms with van der Waals surface area (Å²) < 4.78 is 27.3. The van der Waals surface area contributed by atoms with Gasteiger partial charge in [0.2, 0.25) is 10.0 Å². The van der Waals surface area contributed by atoms with E-state index in [0.29, 0.717) is 11.6 Å². The molecule has 1 heterocycles. The van der Waals surface area contributed by atoms with Crippen LogP contribution in [-0.4, -0.2) is 50.4 Å². The molecule has 1 aliphatic carbocycles. The van der Waals surface area contributed by atoms with Gasteiger partial charge in [0.1, 0.15) is 0 Å². The van der Waals surface area contributed by atoms with E-state index in [1.54, 1.807) is 12.1 Å². The molecule has 29 heavy (non-hydrogen) atoms. The summed E-state index contributed by atoms with van der Waals surface area (Å²) in [4.78, 5) is 15.4. The predicted octanol–water partition coefficient (Wildman–Crippen LogP) is 3.29. The van der Waals surface area contributed by atoms with E-state index in [1.807, 2.05) is 13.8 Å². The summed E-state index contributed by atoms with van der Waals surface area (Å²) >= 11 is 0. The molecule has 162 valence electrons. The van der Waals surface area contributed by atoms with Gasteiger partial charge in [0.25, 0.3) is 5.91 Å².